The number of carbonyl (C=O) groups excluding carboxylic acids is 1. The Labute approximate surface area is 117 Å². The average molecular weight is 324 g/mol. The van der Waals surface area contributed by atoms with E-state index in [9.17, 15) is 4.79 Å². The molecule has 1 fully saturated rings. The van der Waals surface area contributed by atoms with Crippen molar-refractivity contribution in [3.05, 3.63) is 0 Å². The molecule has 0 aromatic heterocycles. The molecule has 1 heterocycles. The number of nitrogens with zero attached hydrogens (tertiary/aromatic N) is 1. The van der Waals surface area contributed by atoms with E-state index in [1.165, 1.54) is 0 Å². The Morgan fingerprint density at radius 2 is 1.94 bits per heavy atom. The van der Waals surface area contributed by atoms with Gasteiger partial charge in [0.15, 0.2) is 0 Å². The molecule has 106 valence electrons. The lowest BCUT2D eigenvalue weighted by atomic mass is 10.1. The molecule has 5 nitrogen and oxygen atoms in total. The second-order valence-corrected chi connectivity index (χ2v) is 5.98. The quantitative estimate of drug-likeness (QED) is 0.746. The number of carbonyl (C=O) groups is 1. The van der Waals surface area contributed by atoms with Crippen LogP contribution in [0.4, 0.5) is 4.79 Å². The molecule has 0 aliphatic carbocycles. The lowest BCUT2D eigenvalue weighted by Crippen LogP contribution is -2.44. The zero-order valence-corrected chi connectivity index (χ0v) is 13.2. The van der Waals surface area contributed by atoms with E-state index in [1.54, 1.807) is 19.1 Å². The Kier molecular flexibility index (Phi) is 5.43. The Balaban J connectivity index is 2.79. The number of methoxy groups -OCH3 is 2. The fourth-order valence-electron chi connectivity index (χ4n) is 2.08. The van der Waals surface area contributed by atoms with E-state index in [-0.39, 0.29) is 24.3 Å². The fourth-order valence-corrected chi connectivity index (χ4v) is 2.80. The van der Waals surface area contributed by atoms with Gasteiger partial charge < -0.3 is 14.2 Å². The van der Waals surface area contributed by atoms with Gasteiger partial charge in [-0.1, -0.05) is 15.9 Å². The van der Waals surface area contributed by atoms with Crippen molar-refractivity contribution >= 4 is 22.0 Å². The summed E-state index contributed by atoms with van der Waals surface area (Å²) in [4.78, 5) is 13.8. The highest BCUT2D eigenvalue weighted by atomic mass is 79.9. The molecule has 1 aliphatic rings. The highest BCUT2D eigenvalue weighted by Crippen LogP contribution is 2.26. The summed E-state index contributed by atoms with van der Waals surface area (Å²) < 4.78 is 16.2. The molecule has 18 heavy (non-hydrogen) atoms. The highest BCUT2D eigenvalue weighted by molar-refractivity contribution is 9.09. The van der Waals surface area contributed by atoms with Crippen LogP contribution in [0.2, 0.25) is 0 Å². The summed E-state index contributed by atoms with van der Waals surface area (Å²) in [5.74, 6) is 0. The fraction of sp³-hybridized carbons (Fsp3) is 0.917. The van der Waals surface area contributed by atoms with Gasteiger partial charge in [0.1, 0.15) is 17.8 Å². The van der Waals surface area contributed by atoms with Crippen LogP contribution in [0.15, 0.2) is 0 Å². The smallest absolute Gasteiger partial charge is 0.410 e. The van der Waals surface area contributed by atoms with Crippen molar-refractivity contribution in [3.8, 4) is 0 Å². The monoisotopic (exact) mass is 323 g/mol. The maximum absolute atomic E-state index is 12.1. The predicted molar refractivity (Wildman–Crippen MR) is 72.1 cm³/mol. The number of likely N-dealkylation sites (tertiary alicyclic amines) is 1. The molecule has 0 aromatic rings. The van der Waals surface area contributed by atoms with Gasteiger partial charge in [-0.05, 0) is 20.8 Å². The van der Waals surface area contributed by atoms with Crippen molar-refractivity contribution in [1.29, 1.82) is 0 Å². The maximum atomic E-state index is 12.1. The van der Waals surface area contributed by atoms with Crippen molar-refractivity contribution in [2.24, 2.45) is 0 Å². The van der Waals surface area contributed by atoms with Gasteiger partial charge in [-0.3, -0.25) is 4.90 Å². The normalized spacial score (nSPS) is 28.6. The zero-order chi connectivity index (χ0) is 13.9. The molecular weight excluding hydrogens is 302 g/mol. The van der Waals surface area contributed by atoms with E-state index in [2.05, 4.69) is 15.9 Å². The van der Waals surface area contributed by atoms with Crippen molar-refractivity contribution in [3.63, 3.8) is 0 Å². The topological polar surface area (TPSA) is 48.0 Å². The summed E-state index contributed by atoms with van der Waals surface area (Å²) in [6, 6.07) is -0.0743. The van der Waals surface area contributed by atoms with Crippen LogP contribution >= 0.6 is 15.9 Å². The van der Waals surface area contributed by atoms with E-state index in [4.69, 9.17) is 14.2 Å². The molecule has 1 aliphatic heterocycles. The van der Waals surface area contributed by atoms with Crippen LogP contribution < -0.4 is 0 Å². The molecule has 6 heteroatoms. The molecule has 1 saturated heterocycles. The Bertz CT molecular complexity index is 292. The highest BCUT2D eigenvalue weighted by Gasteiger charge is 2.45. The van der Waals surface area contributed by atoms with Crippen LogP contribution in [0.5, 0.6) is 0 Å². The standard InChI is InChI=1S/C12H22BrNO4/c1-12(2,3)18-11(15)14-7-9(16-4)10(17-5)8(14)6-13/h8-10H,6-7H2,1-5H3/t8-,9+,10-/m0/s1. The molecule has 3 atom stereocenters. The van der Waals surface area contributed by atoms with E-state index in [0.29, 0.717) is 11.9 Å². The first-order valence-electron chi connectivity index (χ1n) is 5.95. The lowest BCUT2D eigenvalue weighted by molar-refractivity contribution is -0.0167. The average Bonchev–Trinajstić information content (AvgIpc) is 2.63. The van der Waals surface area contributed by atoms with E-state index < -0.39 is 5.60 Å². The SMILES string of the molecule is CO[C@@H]1[C@H](OC)CN(C(=O)OC(C)(C)C)[C@H]1CBr. The third kappa shape index (κ3) is 3.59. The molecular formula is C12H22BrNO4. The maximum Gasteiger partial charge on any atom is 0.410 e. The van der Waals surface area contributed by atoms with Gasteiger partial charge in [0, 0.05) is 19.5 Å². The molecule has 0 saturated carbocycles. The van der Waals surface area contributed by atoms with Crippen molar-refractivity contribution < 1.29 is 19.0 Å². The van der Waals surface area contributed by atoms with E-state index >= 15 is 0 Å². The molecule has 0 N–H and O–H groups in total. The van der Waals surface area contributed by atoms with Gasteiger partial charge >= 0.3 is 6.09 Å². The second kappa shape index (κ2) is 6.21. The number of hydrogen-bond donors (Lipinski definition) is 0. The minimum atomic E-state index is -0.498. The Morgan fingerprint density at radius 3 is 2.33 bits per heavy atom. The molecule has 1 rings (SSSR count). The van der Waals surface area contributed by atoms with Gasteiger partial charge in [0.2, 0.25) is 0 Å². The summed E-state index contributed by atoms with van der Waals surface area (Å²) in [5.41, 5.74) is -0.498. The first-order chi connectivity index (χ1) is 8.34. The summed E-state index contributed by atoms with van der Waals surface area (Å²) in [7, 11) is 3.26. The third-order valence-electron chi connectivity index (χ3n) is 2.88. The molecule has 1 amide bonds. The first-order valence-corrected chi connectivity index (χ1v) is 7.07. The molecule has 0 radical (unpaired) electrons. The van der Waals surface area contributed by atoms with Gasteiger partial charge in [0.25, 0.3) is 0 Å². The van der Waals surface area contributed by atoms with Crippen LogP contribution in [0.25, 0.3) is 0 Å². The van der Waals surface area contributed by atoms with Gasteiger partial charge in [-0.25, -0.2) is 4.79 Å². The predicted octanol–water partition coefficient (Wildman–Crippen LogP) is 2.03. The zero-order valence-electron chi connectivity index (χ0n) is 11.6. The molecule has 0 unspecified atom stereocenters. The van der Waals surface area contributed by atoms with Crippen LogP contribution in [-0.2, 0) is 14.2 Å². The van der Waals surface area contributed by atoms with Gasteiger partial charge in [-0.15, -0.1) is 0 Å². The van der Waals surface area contributed by atoms with Gasteiger partial charge in [0.05, 0.1) is 12.6 Å². The van der Waals surface area contributed by atoms with E-state index in [1.807, 2.05) is 20.8 Å². The largest absolute Gasteiger partial charge is 0.444 e. The number of ether oxygens (including phenoxy) is 3. The number of alkyl halides is 1. The number of halogens is 1. The Morgan fingerprint density at radius 1 is 1.33 bits per heavy atom. The van der Waals surface area contributed by atoms with E-state index in [0.717, 1.165) is 0 Å². The number of rotatable bonds is 3. The van der Waals surface area contributed by atoms with Crippen LogP contribution in [0.1, 0.15) is 20.8 Å². The van der Waals surface area contributed by atoms with Crippen LogP contribution in [0.3, 0.4) is 0 Å². The number of amides is 1. The van der Waals surface area contributed by atoms with Gasteiger partial charge in [-0.2, -0.15) is 0 Å². The van der Waals surface area contributed by atoms with Crippen molar-refractivity contribution in [2.45, 2.75) is 44.6 Å². The molecule has 0 spiro atoms. The van der Waals surface area contributed by atoms with Crippen LogP contribution in [0, 0.1) is 0 Å². The third-order valence-corrected chi connectivity index (χ3v) is 3.55. The molecule has 0 aromatic carbocycles. The summed E-state index contributed by atoms with van der Waals surface area (Å²) in [6.07, 6.45) is -0.583. The van der Waals surface area contributed by atoms with Crippen LogP contribution in [-0.4, -0.2) is 60.9 Å². The molecule has 0 bridgehead atoms. The number of hydrogen-bond acceptors (Lipinski definition) is 4. The minimum absolute atomic E-state index is 0.0743. The van der Waals surface area contributed by atoms with Crippen molar-refractivity contribution in [2.75, 3.05) is 26.1 Å². The first kappa shape index (κ1) is 15.7. The Hall–Kier alpha value is -0.330. The second-order valence-electron chi connectivity index (χ2n) is 5.33. The van der Waals surface area contributed by atoms with Crippen molar-refractivity contribution in [1.82, 2.24) is 4.90 Å². The summed E-state index contributed by atoms with van der Waals surface area (Å²) >= 11 is 3.42. The lowest BCUT2D eigenvalue weighted by Gasteiger charge is -2.28. The summed E-state index contributed by atoms with van der Waals surface area (Å²) in [5, 5.41) is 0.630. The minimum Gasteiger partial charge on any atom is -0.444 e. The summed E-state index contributed by atoms with van der Waals surface area (Å²) in [6.45, 7) is 6.04.